The maximum atomic E-state index is 12.3. The van der Waals surface area contributed by atoms with Crippen LogP contribution in [0.1, 0.15) is 11.2 Å². The van der Waals surface area contributed by atoms with E-state index in [2.05, 4.69) is 4.90 Å². The van der Waals surface area contributed by atoms with Crippen molar-refractivity contribution in [3.05, 3.63) is 36.5 Å². The molecule has 0 saturated carbocycles. The van der Waals surface area contributed by atoms with Crippen LogP contribution in [0.15, 0.2) is 36.5 Å². The SMILES string of the molecule is O=C(CCN1CCOCC1)n1ccc2ccccc21. The van der Waals surface area contributed by atoms with Crippen LogP contribution < -0.4 is 0 Å². The molecule has 0 aliphatic carbocycles. The van der Waals surface area contributed by atoms with Gasteiger partial charge in [0, 0.05) is 37.6 Å². The summed E-state index contributed by atoms with van der Waals surface area (Å²) in [5, 5.41) is 1.11. The second-order valence-electron chi connectivity index (χ2n) is 4.84. The molecule has 1 saturated heterocycles. The molecule has 0 unspecified atom stereocenters. The summed E-state index contributed by atoms with van der Waals surface area (Å²) in [6, 6.07) is 9.96. The molecular weight excluding hydrogens is 240 g/mol. The Hall–Kier alpha value is -1.65. The molecule has 0 N–H and O–H groups in total. The molecule has 1 aliphatic rings. The van der Waals surface area contributed by atoms with E-state index >= 15 is 0 Å². The summed E-state index contributed by atoms with van der Waals surface area (Å²) in [6.07, 6.45) is 2.42. The summed E-state index contributed by atoms with van der Waals surface area (Å²) >= 11 is 0. The molecule has 19 heavy (non-hydrogen) atoms. The van der Waals surface area contributed by atoms with E-state index in [9.17, 15) is 4.79 Å². The van der Waals surface area contributed by atoms with E-state index in [0.717, 1.165) is 43.8 Å². The van der Waals surface area contributed by atoms with Crippen LogP contribution >= 0.6 is 0 Å². The fourth-order valence-electron chi connectivity index (χ4n) is 2.50. The Bertz CT molecular complexity index is 570. The van der Waals surface area contributed by atoms with Crippen LogP contribution in [0.25, 0.3) is 10.9 Å². The lowest BCUT2D eigenvalue weighted by atomic mass is 10.2. The third-order valence-electron chi connectivity index (χ3n) is 3.61. The largest absolute Gasteiger partial charge is 0.379 e. The number of carbonyl (C=O) groups is 1. The lowest BCUT2D eigenvalue weighted by Crippen LogP contribution is -2.37. The van der Waals surface area contributed by atoms with Crippen molar-refractivity contribution in [3.8, 4) is 0 Å². The van der Waals surface area contributed by atoms with Crippen LogP contribution in [0, 0.1) is 0 Å². The van der Waals surface area contributed by atoms with Crippen molar-refractivity contribution in [2.45, 2.75) is 6.42 Å². The molecule has 0 bridgehead atoms. The molecule has 2 aromatic rings. The highest BCUT2D eigenvalue weighted by molar-refractivity contribution is 5.92. The van der Waals surface area contributed by atoms with E-state index < -0.39 is 0 Å². The number of para-hydroxylation sites is 1. The molecule has 1 aromatic carbocycles. The summed E-state index contributed by atoms with van der Waals surface area (Å²) in [6.45, 7) is 4.23. The molecule has 1 aromatic heterocycles. The van der Waals surface area contributed by atoms with E-state index in [4.69, 9.17) is 4.74 Å². The van der Waals surface area contributed by atoms with Crippen molar-refractivity contribution in [2.75, 3.05) is 32.8 Å². The summed E-state index contributed by atoms with van der Waals surface area (Å²) in [5.41, 5.74) is 0.995. The number of hydrogen-bond acceptors (Lipinski definition) is 3. The second-order valence-corrected chi connectivity index (χ2v) is 4.84. The van der Waals surface area contributed by atoms with Gasteiger partial charge in [-0.25, -0.2) is 0 Å². The molecular formula is C15H18N2O2. The topological polar surface area (TPSA) is 34.5 Å². The first-order chi connectivity index (χ1) is 9.34. The van der Waals surface area contributed by atoms with Gasteiger partial charge in [-0.3, -0.25) is 14.3 Å². The zero-order valence-electron chi connectivity index (χ0n) is 10.9. The van der Waals surface area contributed by atoms with Crippen LogP contribution in [-0.4, -0.2) is 48.2 Å². The van der Waals surface area contributed by atoms with Gasteiger partial charge in [-0.1, -0.05) is 18.2 Å². The van der Waals surface area contributed by atoms with E-state index in [0.29, 0.717) is 6.42 Å². The van der Waals surface area contributed by atoms with Gasteiger partial charge in [-0.15, -0.1) is 0 Å². The van der Waals surface area contributed by atoms with E-state index in [1.54, 1.807) is 4.57 Å². The van der Waals surface area contributed by atoms with Gasteiger partial charge in [0.05, 0.1) is 18.7 Å². The van der Waals surface area contributed by atoms with Crippen molar-refractivity contribution in [3.63, 3.8) is 0 Å². The highest BCUT2D eigenvalue weighted by Gasteiger charge is 2.13. The number of fused-ring (bicyclic) bond motifs is 1. The standard InChI is InChI=1S/C15H18N2O2/c18-15(6-7-16-9-11-19-12-10-16)17-8-5-13-3-1-2-4-14(13)17/h1-5,8H,6-7,9-12H2. The van der Waals surface area contributed by atoms with Crippen molar-refractivity contribution < 1.29 is 9.53 Å². The Kier molecular flexibility index (Phi) is 3.62. The van der Waals surface area contributed by atoms with Crippen molar-refractivity contribution in [2.24, 2.45) is 0 Å². The van der Waals surface area contributed by atoms with Gasteiger partial charge in [0.2, 0.25) is 5.91 Å². The van der Waals surface area contributed by atoms with Crippen LogP contribution in [0.3, 0.4) is 0 Å². The molecule has 0 spiro atoms. The zero-order valence-corrected chi connectivity index (χ0v) is 10.9. The Labute approximate surface area is 112 Å². The average Bonchev–Trinajstić information content (AvgIpc) is 2.90. The monoisotopic (exact) mass is 258 g/mol. The zero-order chi connectivity index (χ0) is 13.1. The smallest absolute Gasteiger partial charge is 0.232 e. The Balaban J connectivity index is 1.66. The third-order valence-corrected chi connectivity index (χ3v) is 3.61. The highest BCUT2D eigenvalue weighted by Crippen LogP contribution is 2.15. The van der Waals surface area contributed by atoms with Crippen LogP contribution in [0.4, 0.5) is 0 Å². The minimum Gasteiger partial charge on any atom is -0.379 e. The number of benzene rings is 1. The van der Waals surface area contributed by atoms with Gasteiger partial charge in [-0.2, -0.15) is 0 Å². The molecule has 1 aliphatic heterocycles. The molecule has 0 amide bonds. The molecule has 2 heterocycles. The fourth-order valence-corrected chi connectivity index (χ4v) is 2.50. The number of carbonyl (C=O) groups excluding carboxylic acids is 1. The summed E-state index contributed by atoms with van der Waals surface area (Å²) < 4.78 is 7.06. The maximum absolute atomic E-state index is 12.3. The first kappa shape index (κ1) is 12.4. The normalized spacial score (nSPS) is 16.8. The number of aromatic nitrogens is 1. The number of hydrogen-bond donors (Lipinski definition) is 0. The van der Waals surface area contributed by atoms with Gasteiger partial charge in [0.1, 0.15) is 0 Å². The van der Waals surface area contributed by atoms with Crippen molar-refractivity contribution in [1.29, 1.82) is 0 Å². The molecule has 0 atom stereocenters. The van der Waals surface area contributed by atoms with Crippen molar-refractivity contribution >= 4 is 16.8 Å². The van der Waals surface area contributed by atoms with Crippen LogP contribution in [-0.2, 0) is 4.74 Å². The predicted molar refractivity (Wildman–Crippen MR) is 74.4 cm³/mol. The van der Waals surface area contributed by atoms with Gasteiger partial charge in [0.25, 0.3) is 0 Å². The third kappa shape index (κ3) is 2.69. The maximum Gasteiger partial charge on any atom is 0.232 e. The molecule has 0 radical (unpaired) electrons. The second kappa shape index (κ2) is 5.55. The Morgan fingerprint density at radius 1 is 1.16 bits per heavy atom. The Morgan fingerprint density at radius 3 is 2.79 bits per heavy atom. The molecule has 1 fully saturated rings. The van der Waals surface area contributed by atoms with E-state index in [1.165, 1.54) is 0 Å². The predicted octanol–water partition coefficient (Wildman–Crippen LogP) is 2.00. The Morgan fingerprint density at radius 2 is 1.95 bits per heavy atom. The minimum atomic E-state index is 0.160. The fraction of sp³-hybridized carbons (Fsp3) is 0.400. The van der Waals surface area contributed by atoms with Gasteiger partial charge >= 0.3 is 0 Å². The lowest BCUT2D eigenvalue weighted by Gasteiger charge is -2.26. The molecule has 100 valence electrons. The first-order valence-corrected chi connectivity index (χ1v) is 6.74. The summed E-state index contributed by atoms with van der Waals surface area (Å²) in [4.78, 5) is 14.6. The van der Waals surface area contributed by atoms with Crippen LogP contribution in [0.2, 0.25) is 0 Å². The first-order valence-electron chi connectivity index (χ1n) is 6.74. The number of nitrogens with zero attached hydrogens (tertiary/aromatic N) is 2. The highest BCUT2D eigenvalue weighted by atomic mass is 16.5. The molecule has 4 heteroatoms. The van der Waals surface area contributed by atoms with Crippen molar-refractivity contribution in [1.82, 2.24) is 9.47 Å². The van der Waals surface area contributed by atoms with Crippen LogP contribution in [0.5, 0.6) is 0 Å². The van der Waals surface area contributed by atoms with E-state index in [1.807, 2.05) is 36.5 Å². The minimum absolute atomic E-state index is 0.160. The molecule has 3 rings (SSSR count). The summed E-state index contributed by atoms with van der Waals surface area (Å²) in [5.74, 6) is 0.160. The van der Waals surface area contributed by atoms with Gasteiger partial charge < -0.3 is 4.74 Å². The molecule has 4 nitrogen and oxygen atoms in total. The average molecular weight is 258 g/mol. The number of rotatable bonds is 3. The number of morpholine rings is 1. The number of ether oxygens (including phenoxy) is 1. The quantitative estimate of drug-likeness (QED) is 0.844. The van der Waals surface area contributed by atoms with E-state index in [-0.39, 0.29) is 5.91 Å². The van der Waals surface area contributed by atoms with Gasteiger partial charge in [0.15, 0.2) is 0 Å². The summed E-state index contributed by atoms with van der Waals surface area (Å²) in [7, 11) is 0. The van der Waals surface area contributed by atoms with Gasteiger partial charge in [-0.05, 0) is 12.1 Å². The lowest BCUT2D eigenvalue weighted by molar-refractivity contribution is 0.0364.